The van der Waals surface area contributed by atoms with Gasteiger partial charge in [0, 0.05) is 25.0 Å². The van der Waals surface area contributed by atoms with Crippen LogP contribution in [0, 0.1) is 6.92 Å². The fourth-order valence-electron chi connectivity index (χ4n) is 2.97. The molecule has 1 aromatic carbocycles. The maximum Gasteiger partial charge on any atom is 0.263 e. The lowest BCUT2D eigenvalue weighted by molar-refractivity contribution is 0.0939. The molecule has 0 saturated heterocycles. The molecule has 0 radical (unpaired) electrons. The first-order valence-corrected chi connectivity index (χ1v) is 9.75. The minimum atomic E-state index is -0.195. The van der Waals surface area contributed by atoms with E-state index in [1.165, 1.54) is 11.3 Å². The van der Waals surface area contributed by atoms with Gasteiger partial charge in [0.15, 0.2) is 0 Å². The van der Waals surface area contributed by atoms with Gasteiger partial charge in [0.2, 0.25) is 0 Å². The summed E-state index contributed by atoms with van der Waals surface area (Å²) in [5, 5.41) is 3.89. The molecule has 0 spiro atoms. The van der Waals surface area contributed by atoms with Crippen molar-refractivity contribution in [3.8, 4) is 10.7 Å². The molecule has 4 aromatic rings. The van der Waals surface area contributed by atoms with Gasteiger partial charge in [-0.3, -0.25) is 9.78 Å². The van der Waals surface area contributed by atoms with Crippen LogP contribution in [0.3, 0.4) is 0 Å². The van der Waals surface area contributed by atoms with Crippen LogP contribution in [0.1, 0.15) is 32.8 Å². The van der Waals surface area contributed by atoms with E-state index in [2.05, 4.69) is 25.3 Å². The summed E-state index contributed by atoms with van der Waals surface area (Å²) >= 11 is 1.36. The number of benzene rings is 1. The Morgan fingerprint density at radius 1 is 1.11 bits per heavy atom. The second-order valence-electron chi connectivity index (χ2n) is 6.33. The fourth-order valence-corrected chi connectivity index (χ4v) is 3.92. The predicted octanol–water partition coefficient (Wildman–Crippen LogP) is 3.95. The quantitative estimate of drug-likeness (QED) is 0.523. The Labute approximate surface area is 166 Å². The molecule has 3 aromatic heterocycles. The first-order chi connectivity index (χ1) is 13.7. The van der Waals surface area contributed by atoms with E-state index in [0.717, 1.165) is 22.1 Å². The molecule has 1 amide bonds. The largest absolute Gasteiger partial charge is 0.349 e. The molecule has 4 rings (SSSR count). The molecule has 28 heavy (non-hydrogen) atoms. The van der Waals surface area contributed by atoms with E-state index in [-0.39, 0.29) is 11.9 Å². The molecule has 0 bridgehead atoms. The van der Waals surface area contributed by atoms with Crippen molar-refractivity contribution < 1.29 is 4.79 Å². The maximum absolute atomic E-state index is 13.0. The third kappa shape index (κ3) is 3.99. The van der Waals surface area contributed by atoms with E-state index in [1.807, 2.05) is 55.5 Å². The second kappa shape index (κ2) is 8.14. The number of nitrogens with zero attached hydrogens (tertiary/aromatic N) is 3. The lowest BCUT2D eigenvalue weighted by Crippen LogP contribution is -2.30. The number of thiazole rings is 1. The van der Waals surface area contributed by atoms with Crippen molar-refractivity contribution in [3.63, 3.8) is 0 Å². The number of hydrogen-bond donors (Lipinski definition) is 2. The van der Waals surface area contributed by atoms with Crippen LogP contribution >= 0.6 is 11.3 Å². The zero-order valence-corrected chi connectivity index (χ0v) is 16.1. The summed E-state index contributed by atoms with van der Waals surface area (Å²) in [4.78, 5) is 29.9. The normalized spacial score (nSPS) is 11.9. The first-order valence-electron chi connectivity index (χ1n) is 8.93. The number of hydrogen-bond acceptors (Lipinski definition) is 5. The van der Waals surface area contributed by atoms with Gasteiger partial charge in [-0.15, -0.1) is 11.3 Å². The number of H-pyrrole nitrogens is 1. The molecule has 3 heterocycles. The summed E-state index contributed by atoms with van der Waals surface area (Å²) in [5.41, 5.74) is 2.50. The van der Waals surface area contributed by atoms with Crippen molar-refractivity contribution >= 4 is 17.2 Å². The van der Waals surface area contributed by atoms with E-state index in [0.29, 0.717) is 17.0 Å². The summed E-state index contributed by atoms with van der Waals surface area (Å²) in [6.07, 6.45) is 5.80. The maximum atomic E-state index is 13.0. The highest BCUT2D eigenvalue weighted by molar-refractivity contribution is 7.17. The monoisotopic (exact) mass is 389 g/mol. The molecule has 0 fully saturated rings. The average Bonchev–Trinajstić information content (AvgIpc) is 3.38. The van der Waals surface area contributed by atoms with Crippen LogP contribution in [0.25, 0.3) is 10.7 Å². The molecule has 0 aliphatic carbocycles. The fraction of sp³-hybridized carbons (Fsp3) is 0.143. The van der Waals surface area contributed by atoms with Gasteiger partial charge in [0.1, 0.15) is 15.7 Å². The molecule has 140 valence electrons. The Hall–Kier alpha value is -3.32. The number of carbonyl (C=O) groups excluding carboxylic acids is 1. The van der Waals surface area contributed by atoms with Crippen LogP contribution in [0.5, 0.6) is 0 Å². The molecule has 0 aliphatic rings. The number of aryl methyl sites for hydroxylation is 1. The highest BCUT2D eigenvalue weighted by atomic mass is 32.1. The number of aromatic amines is 1. The highest BCUT2D eigenvalue weighted by Crippen LogP contribution is 2.27. The number of pyridine rings is 1. The van der Waals surface area contributed by atoms with Crippen molar-refractivity contribution in [3.05, 3.63) is 89.1 Å². The summed E-state index contributed by atoms with van der Waals surface area (Å²) in [5.74, 6) is 0.682. The van der Waals surface area contributed by atoms with Crippen LogP contribution in [0.4, 0.5) is 0 Å². The predicted molar refractivity (Wildman–Crippen MR) is 109 cm³/mol. The third-order valence-electron chi connectivity index (χ3n) is 4.35. The minimum absolute atomic E-state index is 0.141. The number of rotatable bonds is 6. The molecule has 0 aliphatic heterocycles. The first kappa shape index (κ1) is 18.1. The van der Waals surface area contributed by atoms with Crippen molar-refractivity contribution in [2.45, 2.75) is 19.4 Å². The van der Waals surface area contributed by atoms with Gasteiger partial charge >= 0.3 is 0 Å². The van der Waals surface area contributed by atoms with Crippen LogP contribution in [0.2, 0.25) is 0 Å². The van der Waals surface area contributed by atoms with E-state index in [9.17, 15) is 4.79 Å². The highest BCUT2D eigenvalue weighted by Gasteiger charge is 2.21. The van der Waals surface area contributed by atoms with Crippen LogP contribution in [0.15, 0.2) is 67.1 Å². The SMILES string of the molecule is Cc1nc(-c2ccccn2)sc1C(=O)N[C@H](Cc1ncc[nH]1)c1ccccc1. The smallest absolute Gasteiger partial charge is 0.263 e. The van der Waals surface area contributed by atoms with Crippen molar-refractivity contribution in [1.82, 2.24) is 25.3 Å². The molecular weight excluding hydrogens is 370 g/mol. The van der Waals surface area contributed by atoms with Crippen LogP contribution in [-0.2, 0) is 6.42 Å². The Bertz CT molecular complexity index is 1050. The Kier molecular flexibility index (Phi) is 5.25. The molecular formula is C21H19N5OS. The molecule has 0 saturated carbocycles. The van der Waals surface area contributed by atoms with Crippen LogP contribution < -0.4 is 5.32 Å². The van der Waals surface area contributed by atoms with Crippen molar-refractivity contribution in [2.24, 2.45) is 0 Å². The van der Waals surface area contributed by atoms with Crippen molar-refractivity contribution in [1.29, 1.82) is 0 Å². The lowest BCUT2D eigenvalue weighted by atomic mass is 10.0. The molecule has 6 nitrogen and oxygen atoms in total. The zero-order valence-electron chi connectivity index (χ0n) is 15.3. The number of imidazole rings is 1. The summed E-state index contributed by atoms with van der Waals surface area (Å²) < 4.78 is 0. The van der Waals surface area contributed by atoms with Gasteiger partial charge in [-0.2, -0.15) is 0 Å². The van der Waals surface area contributed by atoms with E-state index in [1.54, 1.807) is 18.6 Å². The van der Waals surface area contributed by atoms with Gasteiger partial charge in [-0.25, -0.2) is 9.97 Å². The van der Waals surface area contributed by atoms with E-state index < -0.39 is 0 Å². The van der Waals surface area contributed by atoms with Gasteiger partial charge in [0.25, 0.3) is 5.91 Å². The summed E-state index contributed by atoms with van der Waals surface area (Å²) in [6.45, 7) is 1.85. The van der Waals surface area contributed by atoms with Gasteiger partial charge in [-0.05, 0) is 24.6 Å². The Morgan fingerprint density at radius 3 is 2.64 bits per heavy atom. The van der Waals surface area contributed by atoms with E-state index >= 15 is 0 Å². The van der Waals surface area contributed by atoms with Gasteiger partial charge < -0.3 is 10.3 Å². The van der Waals surface area contributed by atoms with Crippen LogP contribution in [-0.4, -0.2) is 25.8 Å². The average molecular weight is 389 g/mol. The molecule has 2 N–H and O–H groups in total. The molecule has 1 atom stereocenters. The third-order valence-corrected chi connectivity index (χ3v) is 5.53. The van der Waals surface area contributed by atoms with Gasteiger partial charge in [0.05, 0.1) is 17.4 Å². The summed E-state index contributed by atoms with van der Waals surface area (Å²) in [6, 6.07) is 15.4. The second-order valence-corrected chi connectivity index (χ2v) is 7.32. The lowest BCUT2D eigenvalue weighted by Gasteiger charge is -2.18. The molecule has 7 heteroatoms. The summed E-state index contributed by atoms with van der Waals surface area (Å²) in [7, 11) is 0. The number of nitrogens with one attached hydrogen (secondary N) is 2. The van der Waals surface area contributed by atoms with E-state index in [4.69, 9.17) is 0 Å². The van der Waals surface area contributed by atoms with Crippen molar-refractivity contribution in [2.75, 3.05) is 0 Å². The minimum Gasteiger partial charge on any atom is -0.349 e. The Morgan fingerprint density at radius 2 is 1.93 bits per heavy atom. The number of amides is 1. The number of aromatic nitrogens is 4. The van der Waals surface area contributed by atoms with Gasteiger partial charge in [-0.1, -0.05) is 36.4 Å². The topological polar surface area (TPSA) is 83.6 Å². The zero-order chi connectivity index (χ0) is 19.3. The molecule has 0 unspecified atom stereocenters. The number of carbonyl (C=O) groups is 1. The standard InChI is InChI=1S/C21H19N5OS/c1-14-19(28-21(25-14)16-9-5-6-10-22-16)20(27)26-17(13-18-23-11-12-24-18)15-7-3-2-4-8-15/h2-12,17H,13H2,1H3,(H,23,24)(H,26,27)/t17-/m1/s1. The Balaban J connectivity index is 1.58.